The van der Waals surface area contributed by atoms with Crippen LogP contribution in [0.4, 0.5) is 4.39 Å². The van der Waals surface area contributed by atoms with E-state index in [4.69, 9.17) is 4.42 Å². The molecule has 0 unspecified atom stereocenters. The minimum atomic E-state index is -0.361. The van der Waals surface area contributed by atoms with Crippen LogP contribution in [0.2, 0.25) is 0 Å². The first-order valence-electron chi connectivity index (χ1n) is 9.48. The number of benzene rings is 2. The van der Waals surface area contributed by atoms with Gasteiger partial charge in [-0.05, 0) is 43.7 Å². The van der Waals surface area contributed by atoms with E-state index in [0.29, 0.717) is 29.1 Å². The molecule has 0 fully saturated rings. The Morgan fingerprint density at radius 2 is 2.00 bits per heavy atom. The second kappa shape index (κ2) is 7.54. The van der Waals surface area contributed by atoms with Crippen molar-refractivity contribution in [3.8, 4) is 11.3 Å². The molecule has 4 rings (SSSR count). The molecule has 6 heteroatoms. The molecule has 0 bridgehead atoms. The molecule has 1 amide bonds. The van der Waals surface area contributed by atoms with Gasteiger partial charge >= 0.3 is 0 Å². The van der Waals surface area contributed by atoms with E-state index >= 15 is 0 Å². The predicted octanol–water partition coefficient (Wildman–Crippen LogP) is 5.02. The van der Waals surface area contributed by atoms with Crippen LogP contribution in [-0.4, -0.2) is 26.4 Å². The molecule has 0 aliphatic carbocycles. The second-order valence-electron chi connectivity index (χ2n) is 7.41. The number of furan rings is 1. The maximum Gasteiger partial charge on any atom is 0.274 e. The SMILES string of the molecule is CC(C)N(Cc1ccc(F)c(-c2cc3ccccc3o2)c1)C(=O)c1cn(C)cn1. The van der Waals surface area contributed by atoms with Crippen LogP contribution >= 0.6 is 0 Å². The van der Waals surface area contributed by atoms with Gasteiger partial charge in [-0.2, -0.15) is 0 Å². The number of halogens is 1. The fourth-order valence-electron chi connectivity index (χ4n) is 3.33. The normalized spacial score (nSPS) is 11.3. The summed E-state index contributed by atoms with van der Waals surface area (Å²) in [4.78, 5) is 18.8. The van der Waals surface area contributed by atoms with Gasteiger partial charge in [-0.3, -0.25) is 4.79 Å². The molecular formula is C23H22FN3O2. The van der Waals surface area contributed by atoms with Crippen LogP contribution in [0.5, 0.6) is 0 Å². The van der Waals surface area contributed by atoms with Crippen molar-refractivity contribution in [1.29, 1.82) is 0 Å². The smallest absolute Gasteiger partial charge is 0.274 e. The Labute approximate surface area is 168 Å². The molecule has 0 aliphatic rings. The molecule has 2 heterocycles. The summed E-state index contributed by atoms with van der Waals surface area (Å²) in [7, 11) is 1.82. The summed E-state index contributed by atoms with van der Waals surface area (Å²) in [5.74, 6) is -0.0483. The molecule has 4 aromatic rings. The molecule has 2 aromatic heterocycles. The number of rotatable bonds is 5. The van der Waals surface area contributed by atoms with Gasteiger partial charge in [-0.25, -0.2) is 9.37 Å². The molecule has 148 valence electrons. The first kappa shape index (κ1) is 18.9. The third-order valence-corrected chi connectivity index (χ3v) is 4.88. The van der Waals surface area contributed by atoms with Gasteiger partial charge in [0.25, 0.3) is 5.91 Å². The van der Waals surface area contributed by atoms with Gasteiger partial charge in [0, 0.05) is 31.2 Å². The first-order chi connectivity index (χ1) is 13.9. The van der Waals surface area contributed by atoms with Crippen LogP contribution in [0.25, 0.3) is 22.3 Å². The number of carbonyl (C=O) groups excluding carboxylic acids is 1. The number of nitrogens with zero attached hydrogens (tertiary/aromatic N) is 3. The van der Waals surface area contributed by atoms with Crippen molar-refractivity contribution < 1.29 is 13.6 Å². The Bertz CT molecular complexity index is 1140. The lowest BCUT2D eigenvalue weighted by Crippen LogP contribution is -2.36. The van der Waals surface area contributed by atoms with E-state index in [1.54, 1.807) is 34.1 Å². The Hall–Kier alpha value is -3.41. The summed E-state index contributed by atoms with van der Waals surface area (Å²) in [5.41, 5.74) is 2.30. The van der Waals surface area contributed by atoms with Gasteiger partial charge < -0.3 is 13.9 Å². The average molecular weight is 391 g/mol. The summed E-state index contributed by atoms with van der Waals surface area (Å²) in [6.45, 7) is 4.25. The molecule has 5 nitrogen and oxygen atoms in total. The summed E-state index contributed by atoms with van der Waals surface area (Å²) in [6.07, 6.45) is 3.30. The summed E-state index contributed by atoms with van der Waals surface area (Å²) < 4.78 is 22.1. The van der Waals surface area contributed by atoms with Gasteiger partial charge in [0.05, 0.1) is 11.9 Å². The zero-order valence-electron chi connectivity index (χ0n) is 16.6. The number of fused-ring (bicyclic) bond motifs is 1. The van der Waals surface area contributed by atoms with E-state index in [1.807, 2.05) is 51.2 Å². The quantitative estimate of drug-likeness (QED) is 0.480. The van der Waals surface area contributed by atoms with Gasteiger partial charge in [0.2, 0.25) is 0 Å². The Balaban J connectivity index is 1.66. The van der Waals surface area contributed by atoms with Gasteiger partial charge in [-0.15, -0.1) is 0 Å². The van der Waals surface area contributed by atoms with Crippen LogP contribution in [0.1, 0.15) is 29.9 Å². The fourth-order valence-corrected chi connectivity index (χ4v) is 3.33. The van der Waals surface area contributed by atoms with Crippen LogP contribution in [-0.2, 0) is 13.6 Å². The van der Waals surface area contributed by atoms with Crippen LogP contribution in [0.15, 0.2) is 65.5 Å². The topological polar surface area (TPSA) is 51.3 Å². The number of carbonyl (C=O) groups is 1. The number of para-hydroxylation sites is 1. The van der Waals surface area contributed by atoms with Crippen LogP contribution < -0.4 is 0 Å². The lowest BCUT2D eigenvalue weighted by atomic mass is 10.1. The van der Waals surface area contributed by atoms with Crippen molar-refractivity contribution >= 4 is 16.9 Å². The largest absolute Gasteiger partial charge is 0.456 e. The minimum absolute atomic E-state index is 0.0378. The number of hydrogen-bond donors (Lipinski definition) is 0. The molecule has 0 radical (unpaired) electrons. The molecule has 0 spiro atoms. The Morgan fingerprint density at radius 1 is 1.21 bits per heavy atom. The van der Waals surface area contributed by atoms with Crippen molar-refractivity contribution in [2.75, 3.05) is 0 Å². The highest BCUT2D eigenvalue weighted by molar-refractivity contribution is 5.92. The second-order valence-corrected chi connectivity index (χ2v) is 7.41. The van der Waals surface area contributed by atoms with E-state index in [-0.39, 0.29) is 17.8 Å². The van der Waals surface area contributed by atoms with E-state index < -0.39 is 0 Å². The minimum Gasteiger partial charge on any atom is -0.456 e. The zero-order chi connectivity index (χ0) is 20.5. The van der Waals surface area contributed by atoms with Gasteiger partial charge in [0.15, 0.2) is 0 Å². The molecule has 0 aliphatic heterocycles. The first-order valence-corrected chi connectivity index (χ1v) is 9.48. The Kier molecular flexibility index (Phi) is 4.92. The van der Waals surface area contributed by atoms with Crippen LogP contribution in [0.3, 0.4) is 0 Å². The van der Waals surface area contributed by atoms with Gasteiger partial charge in [0.1, 0.15) is 22.9 Å². The summed E-state index contributed by atoms with van der Waals surface area (Å²) in [6, 6.07) is 14.2. The molecule has 0 saturated heterocycles. The van der Waals surface area contributed by atoms with Crippen molar-refractivity contribution in [2.24, 2.45) is 7.05 Å². The van der Waals surface area contributed by atoms with Crippen molar-refractivity contribution in [2.45, 2.75) is 26.4 Å². The maximum absolute atomic E-state index is 14.6. The van der Waals surface area contributed by atoms with Gasteiger partial charge in [-0.1, -0.05) is 24.3 Å². The number of aryl methyl sites for hydroxylation is 1. The number of imidazole rings is 1. The Morgan fingerprint density at radius 3 is 2.69 bits per heavy atom. The average Bonchev–Trinajstić information content (AvgIpc) is 3.32. The summed E-state index contributed by atoms with van der Waals surface area (Å²) in [5, 5.41) is 0.918. The molecule has 2 aromatic carbocycles. The summed E-state index contributed by atoms with van der Waals surface area (Å²) >= 11 is 0. The number of amides is 1. The lowest BCUT2D eigenvalue weighted by molar-refractivity contribution is 0.0684. The highest BCUT2D eigenvalue weighted by Gasteiger charge is 2.22. The van der Waals surface area contributed by atoms with Crippen molar-refractivity contribution in [3.63, 3.8) is 0 Å². The highest BCUT2D eigenvalue weighted by atomic mass is 19.1. The standard InChI is InChI=1S/C23H22FN3O2/c1-15(2)27(23(28)20-13-26(3)14-25-20)12-16-8-9-19(24)18(10-16)22-11-17-6-4-5-7-21(17)29-22/h4-11,13-15H,12H2,1-3H3. The van der Waals surface area contributed by atoms with Crippen molar-refractivity contribution in [3.05, 3.63) is 78.1 Å². The van der Waals surface area contributed by atoms with E-state index in [9.17, 15) is 9.18 Å². The van der Waals surface area contributed by atoms with E-state index in [1.165, 1.54) is 6.07 Å². The highest BCUT2D eigenvalue weighted by Crippen LogP contribution is 2.30. The molecule has 0 N–H and O–H groups in total. The van der Waals surface area contributed by atoms with Crippen molar-refractivity contribution in [1.82, 2.24) is 14.5 Å². The van der Waals surface area contributed by atoms with Crippen LogP contribution in [0, 0.1) is 5.82 Å². The fraction of sp³-hybridized carbons (Fsp3) is 0.217. The van der Waals surface area contributed by atoms with E-state index in [0.717, 1.165) is 10.9 Å². The molecular weight excluding hydrogens is 369 g/mol. The molecule has 0 atom stereocenters. The number of hydrogen-bond acceptors (Lipinski definition) is 3. The lowest BCUT2D eigenvalue weighted by Gasteiger charge is -2.26. The monoisotopic (exact) mass is 391 g/mol. The van der Waals surface area contributed by atoms with E-state index in [2.05, 4.69) is 4.98 Å². The third-order valence-electron chi connectivity index (χ3n) is 4.88. The number of aromatic nitrogens is 2. The molecule has 0 saturated carbocycles. The zero-order valence-corrected chi connectivity index (χ0v) is 16.6. The predicted molar refractivity (Wildman–Crippen MR) is 110 cm³/mol. The molecule has 29 heavy (non-hydrogen) atoms. The third kappa shape index (κ3) is 3.78. The maximum atomic E-state index is 14.6.